The van der Waals surface area contributed by atoms with Crippen LogP contribution in [-0.4, -0.2) is 34.2 Å². The Morgan fingerprint density at radius 1 is 1.24 bits per heavy atom. The van der Waals surface area contributed by atoms with Crippen molar-refractivity contribution in [3.8, 4) is 0 Å². The van der Waals surface area contributed by atoms with Gasteiger partial charge in [-0.25, -0.2) is 0 Å². The molecule has 1 atom stereocenters. The first-order valence-corrected chi connectivity index (χ1v) is 9.08. The second-order valence-electron chi connectivity index (χ2n) is 6.12. The number of nitrogens with zero attached hydrogens (tertiary/aromatic N) is 2. The highest BCUT2D eigenvalue weighted by Crippen LogP contribution is 2.11. The van der Waals surface area contributed by atoms with Crippen molar-refractivity contribution in [2.45, 2.75) is 32.9 Å². The Balaban J connectivity index is 1.84. The van der Waals surface area contributed by atoms with Gasteiger partial charge >= 0.3 is 0 Å². The molecule has 1 heterocycles. The van der Waals surface area contributed by atoms with Crippen molar-refractivity contribution in [1.29, 1.82) is 0 Å². The molecule has 7 heteroatoms. The van der Waals surface area contributed by atoms with Gasteiger partial charge in [0.1, 0.15) is 6.04 Å². The standard InChI is InChI=1S/C18H23BrN4O2/c1-13(2)16(22-17(24)14-5-7-15(19)8-6-14)18(25)20-9-3-11-23-12-4-10-21-23/h4-8,10,12-13,16H,3,9,11H2,1-2H3,(H,20,25)(H,22,24). The highest BCUT2D eigenvalue weighted by molar-refractivity contribution is 9.10. The molecule has 25 heavy (non-hydrogen) atoms. The second kappa shape index (κ2) is 9.36. The van der Waals surface area contributed by atoms with Crippen molar-refractivity contribution >= 4 is 27.7 Å². The number of rotatable bonds is 8. The van der Waals surface area contributed by atoms with Crippen molar-refractivity contribution < 1.29 is 9.59 Å². The summed E-state index contributed by atoms with van der Waals surface area (Å²) >= 11 is 3.34. The van der Waals surface area contributed by atoms with E-state index in [0.717, 1.165) is 17.4 Å². The number of carbonyl (C=O) groups is 2. The summed E-state index contributed by atoms with van der Waals surface area (Å²) in [5.74, 6) is -0.427. The normalized spacial score (nSPS) is 12.0. The van der Waals surface area contributed by atoms with Gasteiger partial charge in [-0.2, -0.15) is 5.10 Å². The fraction of sp³-hybridized carbons (Fsp3) is 0.389. The third kappa shape index (κ3) is 6.01. The Kier molecular flexibility index (Phi) is 7.18. The Hall–Kier alpha value is -2.15. The summed E-state index contributed by atoms with van der Waals surface area (Å²) in [5.41, 5.74) is 0.528. The van der Waals surface area contributed by atoms with E-state index in [1.54, 1.807) is 30.5 Å². The molecule has 2 rings (SSSR count). The lowest BCUT2D eigenvalue weighted by Crippen LogP contribution is -2.49. The number of nitrogens with one attached hydrogen (secondary N) is 2. The first-order valence-electron chi connectivity index (χ1n) is 8.29. The van der Waals surface area contributed by atoms with E-state index in [4.69, 9.17) is 0 Å². The average Bonchev–Trinajstić information content (AvgIpc) is 3.10. The second-order valence-corrected chi connectivity index (χ2v) is 7.03. The molecule has 1 unspecified atom stereocenters. The van der Waals surface area contributed by atoms with E-state index in [0.29, 0.717) is 12.1 Å². The molecule has 2 amide bonds. The number of amides is 2. The van der Waals surface area contributed by atoms with Gasteiger partial charge in [-0.1, -0.05) is 29.8 Å². The summed E-state index contributed by atoms with van der Waals surface area (Å²) < 4.78 is 2.72. The quantitative estimate of drug-likeness (QED) is 0.661. The lowest BCUT2D eigenvalue weighted by atomic mass is 10.0. The molecule has 2 aromatic rings. The Morgan fingerprint density at radius 2 is 1.96 bits per heavy atom. The first-order chi connectivity index (χ1) is 12.0. The number of benzene rings is 1. The minimum Gasteiger partial charge on any atom is -0.354 e. The fourth-order valence-corrected chi connectivity index (χ4v) is 2.62. The SMILES string of the molecule is CC(C)C(NC(=O)c1ccc(Br)cc1)C(=O)NCCCn1cccn1. The first kappa shape index (κ1) is 19.2. The van der Waals surface area contributed by atoms with E-state index in [1.165, 1.54) is 0 Å². The molecule has 0 spiro atoms. The smallest absolute Gasteiger partial charge is 0.251 e. The van der Waals surface area contributed by atoms with Crippen LogP contribution in [0.3, 0.4) is 0 Å². The molecular weight excluding hydrogens is 384 g/mol. The van der Waals surface area contributed by atoms with Crippen molar-refractivity contribution in [3.63, 3.8) is 0 Å². The summed E-state index contributed by atoms with van der Waals surface area (Å²) in [6.45, 7) is 5.10. The fourth-order valence-electron chi connectivity index (χ4n) is 2.36. The minimum atomic E-state index is -0.569. The molecule has 0 aliphatic rings. The largest absolute Gasteiger partial charge is 0.354 e. The third-order valence-corrected chi connectivity index (χ3v) is 4.29. The molecule has 1 aromatic heterocycles. The van der Waals surface area contributed by atoms with Crippen molar-refractivity contribution in [1.82, 2.24) is 20.4 Å². The molecular formula is C18H23BrN4O2. The van der Waals surface area contributed by atoms with Crippen LogP contribution >= 0.6 is 15.9 Å². The van der Waals surface area contributed by atoms with Crippen molar-refractivity contribution in [2.75, 3.05) is 6.54 Å². The van der Waals surface area contributed by atoms with E-state index in [2.05, 4.69) is 31.7 Å². The van der Waals surface area contributed by atoms with Crippen LogP contribution in [0.1, 0.15) is 30.6 Å². The molecule has 0 aliphatic carbocycles. The van der Waals surface area contributed by atoms with Crippen LogP contribution in [0, 0.1) is 5.92 Å². The van der Waals surface area contributed by atoms with E-state index in [9.17, 15) is 9.59 Å². The van der Waals surface area contributed by atoms with Crippen LogP contribution in [0.5, 0.6) is 0 Å². The lowest BCUT2D eigenvalue weighted by molar-refractivity contribution is -0.123. The number of hydrogen-bond acceptors (Lipinski definition) is 3. The van der Waals surface area contributed by atoms with Gasteiger partial charge in [0.05, 0.1) is 0 Å². The zero-order valence-corrected chi connectivity index (χ0v) is 16.0. The maximum absolute atomic E-state index is 12.4. The molecule has 2 N–H and O–H groups in total. The van der Waals surface area contributed by atoms with Gasteiger partial charge in [-0.15, -0.1) is 0 Å². The summed E-state index contributed by atoms with van der Waals surface area (Å²) in [4.78, 5) is 24.8. The van der Waals surface area contributed by atoms with Crippen molar-refractivity contribution in [2.24, 2.45) is 5.92 Å². The summed E-state index contributed by atoms with van der Waals surface area (Å²) in [7, 11) is 0. The molecule has 0 radical (unpaired) electrons. The number of hydrogen-bond donors (Lipinski definition) is 2. The molecule has 0 aliphatic heterocycles. The van der Waals surface area contributed by atoms with Crippen molar-refractivity contribution in [3.05, 3.63) is 52.8 Å². The van der Waals surface area contributed by atoms with Gasteiger partial charge < -0.3 is 10.6 Å². The van der Waals surface area contributed by atoms with E-state index < -0.39 is 6.04 Å². The van der Waals surface area contributed by atoms with Gasteiger partial charge in [0, 0.05) is 35.5 Å². The topological polar surface area (TPSA) is 76.0 Å². The van der Waals surface area contributed by atoms with Crippen LogP contribution in [0.25, 0.3) is 0 Å². The van der Waals surface area contributed by atoms with Crippen LogP contribution in [-0.2, 0) is 11.3 Å². The molecule has 0 bridgehead atoms. The monoisotopic (exact) mass is 406 g/mol. The van der Waals surface area contributed by atoms with Gasteiger partial charge in [0.25, 0.3) is 5.91 Å². The Bertz CT molecular complexity index is 684. The Labute approximate surface area is 156 Å². The summed E-state index contributed by atoms with van der Waals surface area (Å²) in [5, 5.41) is 9.83. The maximum Gasteiger partial charge on any atom is 0.251 e. The van der Waals surface area contributed by atoms with Gasteiger partial charge in [0.2, 0.25) is 5.91 Å². The van der Waals surface area contributed by atoms with E-state index >= 15 is 0 Å². The van der Waals surface area contributed by atoms with Crippen LogP contribution in [0.2, 0.25) is 0 Å². The molecule has 1 aromatic carbocycles. The molecule has 134 valence electrons. The van der Waals surface area contributed by atoms with Gasteiger partial charge in [-0.05, 0) is 42.7 Å². The van der Waals surface area contributed by atoms with Gasteiger partial charge in [0.15, 0.2) is 0 Å². The predicted molar refractivity (Wildman–Crippen MR) is 100 cm³/mol. The third-order valence-electron chi connectivity index (χ3n) is 3.76. The molecule has 0 saturated carbocycles. The summed E-state index contributed by atoms with van der Waals surface area (Å²) in [6.07, 6.45) is 4.39. The number of aryl methyl sites for hydroxylation is 1. The van der Waals surface area contributed by atoms with Crippen LogP contribution in [0.4, 0.5) is 0 Å². The van der Waals surface area contributed by atoms with E-state index in [1.807, 2.05) is 30.8 Å². The molecule has 0 saturated heterocycles. The van der Waals surface area contributed by atoms with Crippen LogP contribution in [0.15, 0.2) is 47.2 Å². The maximum atomic E-state index is 12.4. The number of carbonyl (C=O) groups excluding carboxylic acids is 2. The predicted octanol–water partition coefficient (Wildman–Crippen LogP) is 2.61. The number of aromatic nitrogens is 2. The zero-order valence-electron chi connectivity index (χ0n) is 14.4. The molecule has 0 fully saturated rings. The minimum absolute atomic E-state index is 0.00878. The van der Waals surface area contributed by atoms with E-state index in [-0.39, 0.29) is 17.7 Å². The molecule has 6 nitrogen and oxygen atoms in total. The average molecular weight is 407 g/mol. The highest BCUT2D eigenvalue weighted by Gasteiger charge is 2.24. The van der Waals surface area contributed by atoms with Gasteiger partial charge in [-0.3, -0.25) is 14.3 Å². The lowest BCUT2D eigenvalue weighted by Gasteiger charge is -2.21. The van der Waals surface area contributed by atoms with Crippen LogP contribution < -0.4 is 10.6 Å². The number of halogens is 1. The summed E-state index contributed by atoms with van der Waals surface area (Å²) in [6, 6.07) is 8.34. The Morgan fingerprint density at radius 3 is 2.56 bits per heavy atom. The highest BCUT2D eigenvalue weighted by atomic mass is 79.9. The zero-order chi connectivity index (χ0) is 18.2.